The van der Waals surface area contributed by atoms with Gasteiger partial charge >= 0.3 is 5.97 Å². The van der Waals surface area contributed by atoms with E-state index in [1.54, 1.807) is 0 Å². The summed E-state index contributed by atoms with van der Waals surface area (Å²) in [5, 5.41) is 13.4. The van der Waals surface area contributed by atoms with Crippen molar-refractivity contribution in [3.05, 3.63) is 46.8 Å². The van der Waals surface area contributed by atoms with E-state index in [-0.39, 0.29) is 31.1 Å². The summed E-state index contributed by atoms with van der Waals surface area (Å²) in [6, 6.07) is 3.82. The first kappa shape index (κ1) is 17.6. The number of halogens is 2. The maximum atomic E-state index is 14.2. The minimum absolute atomic E-state index is 0.0439. The Labute approximate surface area is 153 Å². The van der Waals surface area contributed by atoms with Gasteiger partial charge < -0.3 is 14.7 Å². The summed E-state index contributed by atoms with van der Waals surface area (Å²) in [5.74, 6) is -3.56. The fraction of sp³-hybridized carbons (Fsp3) is 0.389. The average molecular weight is 377 g/mol. The molecule has 1 aromatic carbocycles. The zero-order valence-electron chi connectivity index (χ0n) is 14.3. The summed E-state index contributed by atoms with van der Waals surface area (Å²) in [5.41, 5.74) is 1.52. The molecule has 1 atom stereocenters. The number of hydrogen-bond acceptors (Lipinski definition) is 4. The van der Waals surface area contributed by atoms with Crippen LogP contribution in [0.3, 0.4) is 0 Å². The van der Waals surface area contributed by atoms with Gasteiger partial charge in [-0.25, -0.2) is 18.3 Å². The van der Waals surface area contributed by atoms with Crippen molar-refractivity contribution in [3.63, 3.8) is 0 Å². The van der Waals surface area contributed by atoms with E-state index < -0.39 is 29.6 Å². The standard InChI is InChI=1S/C18H17F2N3O4/c19-11-4-2-6-13(15(11)20)23-12-5-1-3-10(12)16(21-23)17(24)22-7-8-27-14(9-22)18(25)26/h2,4,6,14H,1,3,5,7-9H2,(H,25,26). The largest absolute Gasteiger partial charge is 0.479 e. The minimum Gasteiger partial charge on any atom is -0.479 e. The van der Waals surface area contributed by atoms with Crippen molar-refractivity contribution in [2.45, 2.75) is 25.4 Å². The molecule has 2 aliphatic rings. The Hall–Kier alpha value is -2.81. The third-order valence-electron chi connectivity index (χ3n) is 4.92. The predicted molar refractivity (Wildman–Crippen MR) is 88.8 cm³/mol. The van der Waals surface area contributed by atoms with E-state index >= 15 is 0 Å². The van der Waals surface area contributed by atoms with Crippen LogP contribution in [0.25, 0.3) is 5.69 Å². The van der Waals surface area contributed by atoms with Crippen LogP contribution in [0.2, 0.25) is 0 Å². The zero-order valence-corrected chi connectivity index (χ0v) is 14.3. The molecule has 1 aliphatic carbocycles. The molecule has 2 heterocycles. The smallest absolute Gasteiger partial charge is 0.334 e. The molecule has 1 saturated heterocycles. The maximum Gasteiger partial charge on any atom is 0.334 e. The molecule has 0 bridgehead atoms. The highest BCUT2D eigenvalue weighted by Crippen LogP contribution is 2.30. The molecule has 0 spiro atoms. The van der Waals surface area contributed by atoms with E-state index in [4.69, 9.17) is 9.84 Å². The van der Waals surface area contributed by atoms with Gasteiger partial charge in [-0.1, -0.05) is 6.07 Å². The highest BCUT2D eigenvalue weighted by molar-refractivity contribution is 5.94. The number of ether oxygens (including phenoxy) is 1. The topological polar surface area (TPSA) is 84.7 Å². The average Bonchev–Trinajstić information content (AvgIpc) is 3.26. The summed E-state index contributed by atoms with van der Waals surface area (Å²) in [7, 11) is 0. The normalized spacial score (nSPS) is 19.2. The number of morpholine rings is 1. The van der Waals surface area contributed by atoms with Gasteiger partial charge in [0.15, 0.2) is 23.4 Å². The number of nitrogens with zero attached hydrogens (tertiary/aromatic N) is 3. The summed E-state index contributed by atoms with van der Waals surface area (Å²) >= 11 is 0. The molecule has 1 aromatic heterocycles. The molecule has 1 fully saturated rings. The van der Waals surface area contributed by atoms with E-state index in [2.05, 4.69) is 5.10 Å². The second-order valence-electron chi connectivity index (χ2n) is 6.56. The molecule has 9 heteroatoms. The van der Waals surface area contributed by atoms with Crippen molar-refractivity contribution >= 4 is 11.9 Å². The van der Waals surface area contributed by atoms with Gasteiger partial charge in [0.2, 0.25) is 0 Å². The highest BCUT2D eigenvalue weighted by atomic mass is 19.2. The minimum atomic E-state index is -1.13. The maximum absolute atomic E-state index is 14.2. The van der Waals surface area contributed by atoms with Crippen LogP contribution in [0.15, 0.2) is 18.2 Å². The number of carboxylic acid groups (broad SMARTS) is 1. The number of carbonyl (C=O) groups excluding carboxylic acids is 1. The van der Waals surface area contributed by atoms with Gasteiger partial charge in [0, 0.05) is 17.8 Å². The van der Waals surface area contributed by atoms with Gasteiger partial charge in [-0.3, -0.25) is 4.79 Å². The van der Waals surface area contributed by atoms with Crippen LogP contribution in [0.4, 0.5) is 8.78 Å². The quantitative estimate of drug-likeness (QED) is 0.878. The predicted octanol–water partition coefficient (Wildman–Crippen LogP) is 1.56. The molecule has 4 rings (SSSR count). The lowest BCUT2D eigenvalue weighted by molar-refractivity contribution is -0.154. The molecule has 1 N–H and O–H groups in total. The van der Waals surface area contributed by atoms with E-state index in [1.807, 2.05) is 0 Å². The number of carboxylic acids is 1. The number of benzene rings is 1. The van der Waals surface area contributed by atoms with Crippen molar-refractivity contribution in [3.8, 4) is 5.69 Å². The fourth-order valence-electron chi connectivity index (χ4n) is 3.60. The van der Waals surface area contributed by atoms with Crippen molar-refractivity contribution in [1.29, 1.82) is 0 Å². The molecule has 142 valence electrons. The van der Waals surface area contributed by atoms with Crippen LogP contribution < -0.4 is 0 Å². The lowest BCUT2D eigenvalue weighted by Gasteiger charge is -2.30. The Morgan fingerprint density at radius 1 is 1.26 bits per heavy atom. The number of fused-ring (bicyclic) bond motifs is 1. The molecule has 1 unspecified atom stereocenters. The number of hydrogen-bond donors (Lipinski definition) is 1. The Kier molecular flexibility index (Phi) is 4.39. The van der Waals surface area contributed by atoms with Gasteiger partial charge in [-0.15, -0.1) is 0 Å². The lowest BCUT2D eigenvalue weighted by atomic mass is 10.1. The molecule has 0 saturated carbocycles. The van der Waals surface area contributed by atoms with Crippen molar-refractivity contribution in [1.82, 2.24) is 14.7 Å². The van der Waals surface area contributed by atoms with E-state index in [0.717, 1.165) is 12.5 Å². The number of aliphatic carboxylic acids is 1. The first-order valence-corrected chi connectivity index (χ1v) is 8.66. The monoisotopic (exact) mass is 377 g/mol. The molecule has 27 heavy (non-hydrogen) atoms. The molecule has 7 nitrogen and oxygen atoms in total. The fourth-order valence-corrected chi connectivity index (χ4v) is 3.60. The third kappa shape index (κ3) is 2.97. The van der Waals surface area contributed by atoms with Gasteiger partial charge in [0.05, 0.1) is 13.2 Å². The molecule has 2 aromatic rings. The van der Waals surface area contributed by atoms with Gasteiger partial charge in [0.1, 0.15) is 5.69 Å². The Balaban J connectivity index is 1.71. The molecule has 0 radical (unpaired) electrons. The number of rotatable bonds is 3. The Morgan fingerprint density at radius 2 is 2.07 bits per heavy atom. The first-order chi connectivity index (χ1) is 13.0. The summed E-state index contributed by atoms with van der Waals surface area (Å²) < 4.78 is 34.3. The SMILES string of the molecule is O=C(O)C1CN(C(=O)c2nn(-c3cccc(F)c3F)c3c2CCC3)CCO1. The van der Waals surface area contributed by atoms with Crippen LogP contribution in [-0.4, -0.2) is 57.5 Å². The molecule has 1 amide bonds. The highest BCUT2D eigenvalue weighted by Gasteiger charge is 2.34. The van der Waals surface area contributed by atoms with Crippen LogP contribution in [0.1, 0.15) is 28.2 Å². The van der Waals surface area contributed by atoms with Gasteiger partial charge in [-0.2, -0.15) is 5.10 Å². The first-order valence-electron chi connectivity index (χ1n) is 8.66. The summed E-state index contributed by atoms with van der Waals surface area (Å²) in [6.07, 6.45) is 0.913. The van der Waals surface area contributed by atoms with Crippen molar-refractivity contribution in [2.75, 3.05) is 19.7 Å². The lowest BCUT2D eigenvalue weighted by Crippen LogP contribution is -2.48. The summed E-state index contributed by atoms with van der Waals surface area (Å²) in [6.45, 7) is 0.285. The Bertz CT molecular complexity index is 928. The van der Waals surface area contributed by atoms with E-state index in [0.29, 0.717) is 24.1 Å². The number of aromatic nitrogens is 2. The number of amides is 1. The van der Waals surface area contributed by atoms with Crippen LogP contribution in [0.5, 0.6) is 0 Å². The molecular weight excluding hydrogens is 360 g/mol. The van der Waals surface area contributed by atoms with Crippen molar-refractivity contribution in [2.24, 2.45) is 0 Å². The zero-order chi connectivity index (χ0) is 19.1. The van der Waals surface area contributed by atoms with E-state index in [9.17, 15) is 18.4 Å². The second kappa shape index (κ2) is 6.73. The Morgan fingerprint density at radius 3 is 2.85 bits per heavy atom. The van der Waals surface area contributed by atoms with Crippen LogP contribution >= 0.6 is 0 Å². The molecule has 1 aliphatic heterocycles. The van der Waals surface area contributed by atoms with Crippen LogP contribution in [0, 0.1) is 11.6 Å². The van der Waals surface area contributed by atoms with E-state index in [1.165, 1.54) is 21.7 Å². The molecular formula is C18H17F2N3O4. The number of carbonyl (C=O) groups is 2. The summed E-state index contributed by atoms with van der Waals surface area (Å²) in [4.78, 5) is 25.5. The van der Waals surface area contributed by atoms with Crippen LogP contribution in [-0.2, 0) is 22.4 Å². The van der Waals surface area contributed by atoms with Crippen molar-refractivity contribution < 1.29 is 28.2 Å². The third-order valence-corrected chi connectivity index (χ3v) is 4.92. The van der Waals surface area contributed by atoms with Gasteiger partial charge in [0.25, 0.3) is 5.91 Å². The second-order valence-corrected chi connectivity index (χ2v) is 6.56. The van der Waals surface area contributed by atoms with Gasteiger partial charge in [-0.05, 0) is 31.4 Å².